The van der Waals surface area contributed by atoms with E-state index in [0.29, 0.717) is 41.3 Å². The Kier molecular flexibility index (Phi) is 6.84. The van der Waals surface area contributed by atoms with Gasteiger partial charge in [0.2, 0.25) is 5.91 Å². The Morgan fingerprint density at radius 2 is 2.11 bits per heavy atom. The van der Waals surface area contributed by atoms with E-state index in [1.165, 1.54) is 16.7 Å². The predicted octanol–water partition coefficient (Wildman–Crippen LogP) is 1.65. The van der Waals surface area contributed by atoms with E-state index < -0.39 is 0 Å². The highest BCUT2D eigenvalue weighted by Crippen LogP contribution is 2.34. The Morgan fingerprint density at radius 1 is 1.37 bits per heavy atom. The number of hydrogen-bond acceptors (Lipinski definition) is 7. The number of ether oxygens (including phenoxy) is 2. The Morgan fingerprint density at radius 3 is 2.85 bits per heavy atom. The van der Waals surface area contributed by atoms with Crippen molar-refractivity contribution in [3.63, 3.8) is 0 Å². The van der Waals surface area contributed by atoms with Crippen LogP contribution in [0.4, 0.5) is 0 Å². The molecule has 27 heavy (non-hydrogen) atoms. The van der Waals surface area contributed by atoms with Gasteiger partial charge in [-0.15, -0.1) is 0 Å². The minimum atomic E-state index is -0.185. The summed E-state index contributed by atoms with van der Waals surface area (Å²) in [6.45, 7) is 2.78. The highest BCUT2D eigenvalue weighted by molar-refractivity contribution is 8.26. The number of benzene rings is 1. The van der Waals surface area contributed by atoms with Gasteiger partial charge in [0.1, 0.15) is 10.1 Å². The number of amides is 2. The van der Waals surface area contributed by atoms with E-state index in [2.05, 4.69) is 5.43 Å². The molecule has 2 aliphatic rings. The van der Waals surface area contributed by atoms with Gasteiger partial charge in [-0.05, 0) is 12.1 Å². The zero-order valence-electron chi connectivity index (χ0n) is 15.0. The summed E-state index contributed by atoms with van der Waals surface area (Å²) in [5.41, 5.74) is 3.64. The van der Waals surface area contributed by atoms with Gasteiger partial charge in [-0.2, -0.15) is 0 Å². The number of hydrogen-bond donors (Lipinski definition) is 1. The van der Waals surface area contributed by atoms with Crippen LogP contribution in [0.3, 0.4) is 0 Å². The molecule has 0 atom stereocenters. The average molecular weight is 408 g/mol. The van der Waals surface area contributed by atoms with Crippen molar-refractivity contribution in [3.8, 4) is 5.75 Å². The van der Waals surface area contributed by atoms with Gasteiger partial charge in [0, 0.05) is 31.6 Å². The van der Waals surface area contributed by atoms with Crippen molar-refractivity contribution >= 4 is 46.2 Å². The Hall–Kier alpha value is -1.94. The molecule has 0 radical (unpaired) electrons. The number of carbonyl (C=O) groups is 2. The van der Waals surface area contributed by atoms with Crippen molar-refractivity contribution in [1.82, 2.24) is 15.3 Å². The molecule has 0 aliphatic carbocycles. The van der Waals surface area contributed by atoms with Gasteiger partial charge in [-0.25, -0.2) is 5.01 Å². The quantitative estimate of drug-likeness (QED) is 0.568. The molecule has 0 saturated carbocycles. The Bertz CT molecular complexity index is 763. The topological polar surface area (TPSA) is 71.1 Å². The molecule has 7 nitrogen and oxygen atoms in total. The van der Waals surface area contributed by atoms with E-state index in [4.69, 9.17) is 21.7 Å². The number of para-hydroxylation sites is 1. The fraction of sp³-hybridized carbons (Fsp3) is 0.389. The number of rotatable bonds is 6. The Balaban J connectivity index is 1.59. The maximum Gasteiger partial charge on any atom is 0.266 e. The van der Waals surface area contributed by atoms with E-state index in [-0.39, 0.29) is 24.8 Å². The molecule has 0 aromatic heterocycles. The van der Waals surface area contributed by atoms with E-state index in [9.17, 15) is 9.59 Å². The van der Waals surface area contributed by atoms with Gasteiger partial charge in [0.05, 0.1) is 25.2 Å². The van der Waals surface area contributed by atoms with Crippen LogP contribution in [0.2, 0.25) is 0 Å². The molecule has 2 aliphatic heterocycles. The summed E-state index contributed by atoms with van der Waals surface area (Å²) in [5, 5.41) is 1.83. The third-order valence-electron chi connectivity index (χ3n) is 4.16. The molecule has 3 rings (SSSR count). The largest absolute Gasteiger partial charge is 0.496 e. The zero-order valence-corrected chi connectivity index (χ0v) is 16.6. The van der Waals surface area contributed by atoms with Crippen LogP contribution in [0.25, 0.3) is 6.08 Å². The number of carbonyl (C=O) groups excluding carboxylic acids is 2. The van der Waals surface area contributed by atoms with Crippen LogP contribution in [0.5, 0.6) is 5.75 Å². The van der Waals surface area contributed by atoms with Gasteiger partial charge in [0.15, 0.2) is 0 Å². The van der Waals surface area contributed by atoms with Crippen LogP contribution >= 0.6 is 24.0 Å². The molecule has 2 fully saturated rings. The summed E-state index contributed by atoms with van der Waals surface area (Å²) in [7, 11) is 1.59. The van der Waals surface area contributed by atoms with Crippen molar-refractivity contribution in [1.29, 1.82) is 0 Å². The average Bonchev–Trinajstić information content (AvgIpc) is 2.94. The van der Waals surface area contributed by atoms with E-state index in [0.717, 1.165) is 5.56 Å². The van der Waals surface area contributed by atoms with Crippen LogP contribution < -0.4 is 10.2 Å². The molecule has 144 valence electrons. The molecule has 2 heterocycles. The first-order valence-electron chi connectivity index (χ1n) is 8.59. The lowest BCUT2D eigenvalue weighted by Gasteiger charge is -2.27. The van der Waals surface area contributed by atoms with E-state index >= 15 is 0 Å². The van der Waals surface area contributed by atoms with Gasteiger partial charge >= 0.3 is 0 Å². The van der Waals surface area contributed by atoms with Gasteiger partial charge in [0.25, 0.3) is 5.91 Å². The highest BCUT2D eigenvalue weighted by atomic mass is 32.2. The van der Waals surface area contributed by atoms with Crippen LogP contribution in [-0.4, -0.2) is 66.0 Å². The van der Waals surface area contributed by atoms with Crippen LogP contribution in [0, 0.1) is 0 Å². The van der Waals surface area contributed by atoms with Crippen molar-refractivity contribution in [2.45, 2.75) is 6.42 Å². The summed E-state index contributed by atoms with van der Waals surface area (Å²) in [6.07, 6.45) is 1.96. The first-order valence-corrected chi connectivity index (χ1v) is 9.81. The monoisotopic (exact) mass is 407 g/mol. The minimum Gasteiger partial charge on any atom is -0.496 e. The fourth-order valence-corrected chi connectivity index (χ4v) is 4.04. The second kappa shape index (κ2) is 9.32. The van der Waals surface area contributed by atoms with Crippen LogP contribution in [-0.2, 0) is 14.3 Å². The van der Waals surface area contributed by atoms with Crippen LogP contribution in [0.1, 0.15) is 12.0 Å². The molecule has 0 bridgehead atoms. The first kappa shape index (κ1) is 19.8. The smallest absolute Gasteiger partial charge is 0.266 e. The van der Waals surface area contributed by atoms with Gasteiger partial charge in [-0.3, -0.25) is 19.9 Å². The Labute approximate surface area is 167 Å². The molecule has 1 N–H and O–H groups in total. The number of methoxy groups -OCH3 is 1. The molecule has 1 aromatic rings. The van der Waals surface area contributed by atoms with E-state index in [1.807, 2.05) is 29.3 Å². The molecule has 9 heteroatoms. The summed E-state index contributed by atoms with van der Waals surface area (Å²) < 4.78 is 11.0. The molecule has 1 aromatic carbocycles. The lowest BCUT2D eigenvalue weighted by atomic mass is 10.2. The number of nitrogens with one attached hydrogen (secondary N) is 1. The number of thiocarbonyl (C=S) groups is 1. The normalized spacial score (nSPS) is 19.6. The second-order valence-electron chi connectivity index (χ2n) is 5.96. The lowest BCUT2D eigenvalue weighted by molar-refractivity contribution is -0.128. The number of morpholine rings is 1. The number of nitrogens with zero attached hydrogens (tertiary/aromatic N) is 2. The number of hydrazine groups is 1. The SMILES string of the molecule is COc1ccccc1C=C1SC(=S)N(CCC(=O)NN2CCOCC2)C1=O. The molecule has 2 amide bonds. The summed E-state index contributed by atoms with van der Waals surface area (Å²) in [4.78, 5) is 26.8. The highest BCUT2D eigenvalue weighted by Gasteiger charge is 2.32. The minimum absolute atomic E-state index is 0.139. The standard InChI is InChI=1S/C18H21N3O4S2/c1-24-14-5-3-2-4-13(14)12-15-17(23)21(18(26)27-15)7-6-16(22)19-20-8-10-25-11-9-20/h2-5,12H,6-11H2,1H3,(H,19,22). The third-order valence-corrected chi connectivity index (χ3v) is 5.53. The maximum atomic E-state index is 12.7. The molecule has 2 saturated heterocycles. The van der Waals surface area contributed by atoms with Crippen molar-refractivity contribution in [2.75, 3.05) is 40.0 Å². The zero-order chi connectivity index (χ0) is 19.2. The lowest BCUT2D eigenvalue weighted by Crippen LogP contribution is -2.49. The first-order chi connectivity index (χ1) is 13.1. The summed E-state index contributed by atoms with van der Waals surface area (Å²) >= 11 is 6.56. The predicted molar refractivity (Wildman–Crippen MR) is 108 cm³/mol. The van der Waals surface area contributed by atoms with E-state index in [1.54, 1.807) is 13.2 Å². The van der Waals surface area contributed by atoms with Crippen LogP contribution in [0.15, 0.2) is 29.2 Å². The molecular formula is C18H21N3O4S2. The molecule has 0 spiro atoms. The maximum absolute atomic E-state index is 12.7. The molecule has 0 unspecified atom stereocenters. The van der Waals surface area contributed by atoms with Crippen molar-refractivity contribution < 1.29 is 19.1 Å². The number of thioether (sulfide) groups is 1. The summed E-state index contributed by atoms with van der Waals surface area (Å²) in [5.74, 6) is 0.363. The fourth-order valence-electron chi connectivity index (χ4n) is 2.74. The summed E-state index contributed by atoms with van der Waals surface area (Å²) in [6, 6.07) is 7.46. The van der Waals surface area contributed by atoms with Crippen molar-refractivity contribution in [2.24, 2.45) is 0 Å². The second-order valence-corrected chi connectivity index (χ2v) is 7.64. The third kappa shape index (κ3) is 5.07. The van der Waals surface area contributed by atoms with Gasteiger partial charge < -0.3 is 9.47 Å². The van der Waals surface area contributed by atoms with Gasteiger partial charge in [-0.1, -0.05) is 42.2 Å². The molecular weight excluding hydrogens is 386 g/mol. The van der Waals surface area contributed by atoms with Crippen molar-refractivity contribution in [3.05, 3.63) is 34.7 Å².